The molecule has 6 nitrogen and oxygen atoms in total. The molecule has 0 amide bonds. The summed E-state index contributed by atoms with van der Waals surface area (Å²) in [7, 11) is 0. The summed E-state index contributed by atoms with van der Waals surface area (Å²) in [6, 6.07) is 10.2. The van der Waals surface area contributed by atoms with E-state index in [0.29, 0.717) is 5.69 Å². The fourth-order valence-corrected chi connectivity index (χ4v) is 2.78. The van der Waals surface area contributed by atoms with E-state index in [2.05, 4.69) is 15.3 Å². The van der Waals surface area contributed by atoms with Crippen LogP contribution in [0.5, 0.6) is 0 Å². The SMILES string of the molecule is O=c1c2nnn(-c3cccc(F)c3)c2ncn1Cc1cccc(C(F)(F)F)c1. The highest BCUT2D eigenvalue weighted by atomic mass is 19.4. The first-order chi connectivity index (χ1) is 13.3. The predicted molar refractivity (Wildman–Crippen MR) is 91.4 cm³/mol. The van der Waals surface area contributed by atoms with E-state index in [-0.39, 0.29) is 23.3 Å². The minimum Gasteiger partial charge on any atom is -0.293 e. The van der Waals surface area contributed by atoms with Gasteiger partial charge in [-0.25, -0.2) is 9.37 Å². The van der Waals surface area contributed by atoms with Gasteiger partial charge in [-0.15, -0.1) is 5.10 Å². The number of rotatable bonds is 3. The van der Waals surface area contributed by atoms with Gasteiger partial charge < -0.3 is 0 Å². The van der Waals surface area contributed by atoms with Crippen LogP contribution in [0.2, 0.25) is 0 Å². The van der Waals surface area contributed by atoms with Crippen LogP contribution in [-0.2, 0) is 12.7 Å². The van der Waals surface area contributed by atoms with Crippen LogP contribution >= 0.6 is 0 Å². The average molecular weight is 389 g/mol. The third-order valence-corrected chi connectivity index (χ3v) is 4.09. The lowest BCUT2D eigenvalue weighted by molar-refractivity contribution is -0.137. The highest BCUT2D eigenvalue weighted by Crippen LogP contribution is 2.29. The molecule has 0 aliphatic heterocycles. The molecule has 0 bridgehead atoms. The van der Waals surface area contributed by atoms with Gasteiger partial charge in [0, 0.05) is 0 Å². The van der Waals surface area contributed by atoms with Crippen molar-refractivity contribution in [2.45, 2.75) is 12.7 Å². The molecular weight excluding hydrogens is 378 g/mol. The second-order valence-electron chi connectivity index (χ2n) is 6.03. The van der Waals surface area contributed by atoms with E-state index in [9.17, 15) is 22.4 Å². The first-order valence-electron chi connectivity index (χ1n) is 8.06. The molecule has 0 aliphatic carbocycles. The first-order valence-corrected chi connectivity index (χ1v) is 8.06. The summed E-state index contributed by atoms with van der Waals surface area (Å²) in [6.45, 7) is -0.113. The van der Waals surface area contributed by atoms with Crippen molar-refractivity contribution in [1.29, 1.82) is 0 Å². The van der Waals surface area contributed by atoms with Gasteiger partial charge in [-0.2, -0.15) is 17.9 Å². The van der Waals surface area contributed by atoms with Gasteiger partial charge in [0.05, 0.1) is 17.8 Å². The van der Waals surface area contributed by atoms with Crippen LogP contribution in [-0.4, -0.2) is 24.5 Å². The molecular formula is C18H11F4N5O. The first kappa shape index (κ1) is 17.8. The molecule has 0 radical (unpaired) electrons. The van der Waals surface area contributed by atoms with E-state index in [1.165, 1.54) is 41.3 Å². The molecule has 0 aliphatic rings. The Morgan fingerprint density at radius 2 is 1.82 bits per heavy atom. The molecule has 4 aromatic rings. The van der Waals surface area contributed by atoms with Gasteiger partial charge in [-0.05, 0) is 35.9 Å². The van der Waals surface area contributed by atoms with Gasteiger partial charge in [0.1, 0.15) is 12.1 Å². The van der Waals surface area contributed by atoms with Crippen molar-refractivity contribution in [2.24, 2.45) is 0 Å². The molecule has 2 heterocycles. The van der Waals surface area contributed by atoms with Crippen molar-refractivity contribution in [1.82, 2.24) is 24.5 Å². The van der Waals surface area contributed by atoms with Gasteiger partial charge in [-0.3, -0.25) is 9.36 Å². The highest BCUT2D eigenvalue weighted by molar-refractivity contribution is 5.70. The Morgan fingerprint density at radius 1 is 1.04 bits per heavy atom. The number of hydrogen-bond acceptors (Lipinski definition) is 4. The van der Waals surface area contributed by atoms with Gasteiger partial charge >= 0.3 is 6.18 Å². The molecule has 0 fully saturated rings. The number of alkyl halides is 3. The predicted octanol–water partition coefficient (Wildman–Crippen LogP) is 3.18. The standard InChI is InChI=1S/C18H11F4N5O/c19-13-5-2-6-14(8-13)27-16-15(24-25-27)17(28)26(10-23-16)9-11-3-1-4-12(7-11)18(20,21)22/h1-8,10H,9H2. The second-order valence-corrected chi connectivity index (χ2v) is 6.03. The third kappa shape index (κ3) is 3.24. The van der Waals surface area contributed by atoms with E-state index in [4.69, 9.17) is 0 Å². The normalized spacial score (nSPS) is 11.9. The topological polar surface area (TPSA) is 65.6 Å². The van der Waals surface area contributed by atoms with E-state index >= 15 is 0 Å². The summed E-state index contributed by atoms with van der Waals surface area (Å²) in [5, 5.41) is 7.64. The van der Waals surface area contributed by atoms with E-state index in [0.717, 1.165) is 16.7 Å². The average Bonchev–Trinajstić information content (AvgIpc) is 3.08. The quantitative estimate of drug-likeness (QED) is 0.505. The van der Waals surface area contributed by atoms with Crippen LogP contribution in [0.3, 0.4) is 0 Å². The van der Waals surface area contributed by atoms with E-state index in [1.807, 2.05) is 0 Å². The molecule has 4 rings (SSSR count). The van der Waals surface area contributed by atoms with E-state index in [1.54, 1.807) is 6.07 Å². The lowest BCUT2D eigenvalue weighted by Crippen LogP contribution is -2.21. The summed E-state index contributed by atoms with van der Waals surface area (Å²) < 4.78 is 54.4. The van der Waals surface area contributed by atoms with Crippen LogP contribution < -0.4 is 5.56 Å². The molecule has 0 atom stereocenters. The Bertz CT molecular complexity index is 1230. The molecule has 28 heavy (non-hydrogen) atoms. The maximum atomic E-state index is 13.4. The largest absolute Gasteiger partial charge is 0.416 e. The Morgan fingerprint density at radius 3 is 2.57 bits per heavy atom. The van der Waals surface area contributed by atoms with Crippen LogP contribution in [0, 0.1) is 5.82 Å². The van der Waals surface area contributed by atoms with Gasteiger partial charge in [0.2, 0.25) is 0 Å². The highest BCUT2D eigenvalue weighted by Gasteiger charge is 2.30. The smallest absolute Gasteiger partial charge is 0.293 e. The Hall–Kier alpha value is -3.56. The zero-order valence-electron chi connectivity index (χ0n) is 14.1. The Kier molecular flexibility index (Phi) is 4.17. The van der Waals surface area contributed by atoms with Crippen molar-refractivity contribution in [3.05, 3.63) is 82.2 Å². The van der Waals surface area contributed by atoms with E-state index < -0.39 is 23.1 Å². The summed E-state index contributed by atoms with van der Waals surface area (Å²) in [5.74, 6) is -0.487. The number of halogens is 4. The molecule has 2 aromatic carbocycles. The van der Waals surface area contributed by atoms with Gasteiger partial charge in [-0.1, -0.05) is 23.4 Å². The van der Waals surface area contributed by atoms with Gasteiger partial charge in [0.25, 0.3) is 5.56 Å². The number of benzene rings is 2. The zero-order chi connectivity index (χ0) is 19.9. The fraction of sp³-hybridized carbons (Fsp3) is 0.111. The Balaban J connectivity index is 1.73. The lowest BCUT2D eigenvalue weighted by atomic mass is 10.1. The summed E-state index contributed by atoms with van der Waals surface area (Å²) in [6.07, 6.45) is -3.28. The van der Waals surface area contributed by atoms with Crippen molar-refractivity contribution >= 4 is 11.2 Å². The molecule has 10 heteroatoms. The van der Waals surface area contributed by atoms with Crippen molar-refractivity contribution in [3.8, 4) is 5.69 Å². The van der Waals surface area contributed by atoms with Crippen LogP contribution in [0.4, 0.5) is 17.6 Å². The van der Waals surface area contributed by atoms with Crippen LogP contribution in [0.25, 0.3) is 16.9 Å². The molecule has 0 N–H and O–H groups in total. The van der Waals surface area contributed by atoms with Crippen molar-refractivity contribution in [3.63, 3.8) is 0 Å². The molecule has 142 valence electrons. The third-order valence-electron chi connectivity index (χ3n) is 4.09. The molecule has 0 spiro atoms. The fourth-order valence-electron chi connectivity index (χ4n) is 2.78. The summed E-state index contributed by atoms with van der Waals surface area (Å²) in [4.78, 5) is 16.8. The van der Waals surface area contributed by atoms with Crippen LogP contribution in [0.15, 0.2) is 59.7 Å². The number of nitrogens with zero attached hydrogens (tertiary/aromatic N) is 5. The monoisotopic (exact) mass is 389 g/mol. The van der Waals surface area contributed by atoms with Crippen molar-refractivity contribution in [2.75, 3.05) is 0 Å². The minimum absolute atomic E-state index is 0.0706. The maximum Gasteiger partial charge on any atom is 0.416 e. The molecule has 0 saturated carbocycles. The minimum atomic E-state index is -4.48. The lowest BCUT2D eigenvalue weighted by Gasteiger charge is -2.10. The van der Waals surface area contributed by atoms with Crippen molar-refractivity contribution < 1.29 is 17.6 Å². The summed E-state index contributed by atoms with van der Waals surface area (Å²) in [5.41, 5.74) is -0.690. The molecule has 0 saturated heterocycles. The number of hydrogen-bond donors (Lipinski definition) is 0. The Labute approximate surface area is 154 Å². The number of aromatic nitrogens is 5. The molecule has 2 aromatic heterocycles. The summed E-state index contributed by atoms with van der Waals surface area (Å²) >= 11 is 0. The second kappa shape index (κ2) is 6.55. The number of fused-ring (bicyclic) bond motifs is 1. The van der Waals surface area contributed by atoms with Gasteiger partial charge in [0.15, 0.2) is 11.2 Å². The van der Waals surface area contributed by atoms with Crippen LogP contribution in [0.1, 0.15) is 11.1 Å². The molecule has 0 unspecified atom stereocenters. The maximum absolute atomic E-state index is 13.4. The zero-order valence-corrected chi connectivity index (χ0v) is 14.1.